The molecule has 0 amide bonds. The molecule has 0 aromatic carbocycles. The lowest BCUT2D eigenvalue weighted by Gasteiger charge is -2.56. The Morgan fingerprint density at radius 2 is 1.43 bits per heavy atom. The van der Waals surface area contributed by atoms with Crippen LogP contribution in [0, 0.1) is 11.8 Å². The molecule has 4 saturated carbocycles. The molecule has 0 aromatic rings. The molecule has 4 nitrogen and oxygen atoms in total. The fourth-order valence-corrected chi connectivity index (χ4v) is 3.68. The summed E-state index contributed by atoms with van der Waals surface area (Å²) in [5, 5.41) is 0. The van der Waals surface area contributed by atoms with Crippen molar-refractivity contribution in [2.75, 3.05) is 0 Å². The van der Waals surface area contributed by atoms with Gasteiger partial charge in [0, 0.05) is 11.8 Å². The number of hydrogen-bond acceptors (Lipinski definition) is 4. The fourth-order valence-electron chi connectivity index (χ4n) is 3.68. The van der Waals surface area contributed by atoms with Crippen LogP contribution in [0.5, 0.6) is 0 Å². The predicted molar refractivity (Wildman–Crippen MR) is 49.3 cm³/mol. The molecular formula is C10H14N2O2. The second-order valence-electron chi connectivity index (χ2n) is 5.26. The minimum absolute atomic E-state index is 0.0461. The molecule has 4 unspecified atom stereocenters. The van der Waals surface area contributed by atoms with Gasteiger partial charge in [-0.25, -0.2) is 0 Å². The summed E-state index contributed by atoms with van der Waals surface area (Å²) in [6, 6.07) is 0. The average molecular weight is 194 g/mol. The summed E-state index contributed by atoms with van der Waals surface area (Å²) in [6.07, 6.45) is 2.11. The Morgan fingerprint density at radius 3 is 1.79 bits per heavy atom. The maximum atomic E-state index is 11.9. The molecule has 4 bridgehead atoms. The summed E-state index contributed by atoms with van der Waals surface area (Å²) in [7, 11) is 0. The third kappa shape index (κ3) is 0.769. The highest BCUT2D eigenvalue weighted by atomic mass is 16.1. The first kappa shape index (κ1) is 8.56. The topological polar surface area (TPSA) is 86.2 Å². The van der Waals surface area contributed by atoms with E-state index >= 15 is 0 Å². The quantitative estimate of drug-likeness (QED) is 0.536. The SMILES string of the molecule is NC12CC3CC(CC(N)(C1)C3=O)C2=O. The summed E-state index contributed by atoms with van der Waals surface area (Å²) in [5.74, 6) is 0.190. The van der Waals surface area contributed by atoms with Gasteiger partial charge in [0.2, 0.25) is 0 Å². The lowest BCUT2D eigenvalue weighted by molar-refractivity contribution is -0.155. The number of carbonyl (C=O) groups is 2. The van der Waals surface area contributed by atoms with E-state index in [1.54, 1.807) is 0 Å². The highest BCUT2D eigenvalue weighted by Gasteiger charge is 2.64. The van der Waals surface area contributed by atoms with Crippen molar-refractivity contribution in [3.63, 3.8) is 0 Å². The standard InChI is InChI=1S/C10H14N2O2/c11-9-2-5-1-6(8(9)14)3-10(12,4-9)7(5)13/h5-6H,1-4,11-12H2. The van der Waals surface area contributed by atoms with Crippen molar-refractivity contribution in [3.05, 3.63) is 0 Å². The second-order valence-corrected chi connectivity index (χ2v) is 5.26. The highest BCUT2D eigenvalue weighted by molar-refractivity contribution is 6.03. The van der Waals surface area contributed by atoms with Crippen LogP contribution >= 0.6 is 0 Å². The zero-order chi connectivity index (χ0) is 10.1. The van der Waals surface area contributed by atoms with Gasteiger partial charge >= 0.3 is 0 Å². The zero-order valence-electron chi connectivity index (χ0n) is 7.95. The monoisotopic (exact) mass is 194 g/mol. The van der Waals surface area contributed by atoms with Gasteiger partial charge in [0.25, 0.3) is 0 Å². The Labute approximate surface area is 82.0 Å². The largest absolute Gasteiger partial charge is 0.319 e. The van der Waals surface area contributed by atoms with Gasteiger partial charge in [0.05, 0.1) is 11.1 Å². The van der Waals surface area contributed by atoms with Gasteiger partial charge in [0.1, 0.15) is 0 Å². The molecule has 4 atom stereocenters. The maximum absolute atomic E-state index is 11.9. The van der Waals surface area contributed by atoms with E-state index in [-0.39, 0.29) is 23.4 Å². The van der Waals surface area contributed by atoms with Crippen LogP contribution in [0.3, 0.4) is 0 Å². The predicted octanol–water partition coefficient (Wildman–Crippen LogP) is -0.647. The van der Waals surface area contributed by atoms with E-state index in [0.717, 1.165) is 0 Å². The minimum Gasteiger partial charge on any atom is -0.319 e. The highest BCUT2D eigenvalue weighted by Crippen LogP contribution is 2.51. The van der Waals surface area contributed by atoms with Crippen molar-refractivity contribution in [1.82, 2.24) is 0 Å². The van der Waals surface area contributed by atoms with Crippen molar-refractivity contribution in [2.24, 2.45) is 23.3 Å². The van der Waals surface area contributed by atoms with Gasteiger partial charge in [-0.1, -0.05) is 0 Å². The number of rotatable bonds is 0. The van der Waals surface area contributed by atoms with Crippen LogP contribution in [0.15, 0.2) is 0 Å². The Balaban J connectivity index is 2.11. The van der Waals surface area contributed by atoms with Crippen LogP contribution in [0.1, 0.15) is 25.7 Å². The first-order valence-electron chi connectivity index (χ1n) is 5.11. The Morgan fingerprint density at radius 1 is 1.00 bits per heavy atom. The normalized spacial score (nSPS) is 55.6. The zero-order valence-corrected chi connectivity index (χ0v) is 7.95. The molecule has 4 heteroatoms. The smallest absolute Gasteiger partial charge is 0.155 e. The molecule has 4 aliphatic rings. The average Bonchev–Trinajstić information content (AvgIpc) is 2.06. The molecule has 4 fully saturated rings. The second kappa shape index (κ2) is 2.09. The molecule has 0 spiro atoms. The third-order valence-electron chi connectivity index (χ3n) is 4.14. The van der Waals surface area contributed by atoms with E-state index in [4.69, 9.17) is 11.5 Å². The van der Waals surface area contributed by atoms with Crippen LogP contribution in [-0.2, 0) is 9.59 Å². The van der Waals surface area contributed by atoms with E-state index in [1.807, 2.05) is 0 Å². The van der Waals surface area contributed by atoms with Crippen molar-refractivity contribution in [2.45, 2.75) is 36.8 Å². The number of hydrogen-bond donors (Lipinski definition) is 2. The van der Waals surface area contributed by atoms with Crippen LogP contribution in [0.4, 0.5) is 0 Å². The Bertz CT molecular complexity index is 322. The number of nitrogens with two attached hydrogens (primary N) is 2. The van der Waals surface area contributed by atoms with E-state index in [2.05, 4.69) is 0 Å². The van der Waals surface area contributed by atoms with Gasteiger partial charge in [-0.3, -0.25) is 9.59 Å². The summed E-state index contributed by atoms with van der Waals surface area (Å²) in [4.78, 5) is 23.7. The van der Waals surface area contributed by atoms with Crippen LogP contribution < -0.4 is 11.5 Å². The maximum Gasteiger partial charge on any atom is 0.155 e. The molecule has 0 heterocycles. The molecule has 0 aliphatic heterocycles. The van der Waals surface area contributed by atoms with E-state index in [9.17, 15) is 9.59 Å². The first-order chi connectivity index (χ1) is 6.45. The number of ketones is 2. The number of carbonyl (C=O) groups excluding carboxylic acids is 2. The van der Waals surface area contributed by atoms with Gasteiger partial charge in [-0.15, -0.1) is 0 Å². The molecule has 0 radical (unpaired) electrons. The molecule has 76 valence electrons. The molecular weight excluding hydrogens is 180 g/mol. The fraction of sp³-hybridized carbons (Fsp3) is 0.800. The van der Waals surface area contributed by atoms with E-state index in [1.165, 1.54) is 0 Å². The van der Waals surface area contributed by atoms with Crippen molar-refractivity contribution in [3.8, 4) is 0 Å². The van der Waals surface area contributed by atoms with Gasteiger partial charge in [-0.05, 0) is 25.7 Å². The molecule has 4 rings (SSSR count). The molecule has 0 aromatic heterocycles. The summed E-state index contributed by atoms with van der Waals surface area (Å²) in [5.41, 5.74) is 10.5. The third-order valence-corrected chi connectivity index (χ3v) is 4.14. The Hall–Kier alpha value is -0.740. The van der Waals surface area contributed by atoms with Gasteiger partial charge in [-0.2, -0.15) is 0 Å². The summed E-state index contributed by atoms with van der Waals surface area (Å²) in [6.45, 7) is 0. The van der Waals surface area contributed by atoms with Gasteiger partial charge < -0.3 is 11.5 Å². The molecule has 4 aliphatic carbocycles. The molecule has 14 heavy (non-hydrogen) atoms. The Kier molecular flexibility index (Phi) is 1.28. The van der Waals surface area contributed by atoms with Crippen LogP contribution in [0.25, 0.3) is 0 Å². The lowest BCUT2D eigenvalue weighted by atomic mass is 9.49. The van der Waals surface area contributed by atoms with Crippen molar-refractivity contribution < 1.29 is 9.59 Å². The summed E-state index contributed by atoms with van der Waals surface area (Å²) < 4.78 is 0. The molecule has 0 saturated heterocycles. The van der Waals surface area contributed by atoms with Crippen LogP contribution in [-0.4, -0.2) is 22.6 Å². The van der Waals surface area contributed by atoms with E-state index in [0.29, 0.717) is 25.7 Å². The van der Waals surface area contributed by atoms with Crippen molar-refractivity contribution in [1.29, 1.82) is 0 Å². The summed E-state index contributed by atoms with van der Waals surface area (Å²) >= 11 is 0. The lowest BCUT2D eigenvalue weighted by Crippen LogP contribution is -2.74. The molecule has 4 N–H and O–H groups in total. The van der Waals surface area contributed by atoms with Crippen LogP contribution in [0.2, 0.25) is 0 Å². The van der Waals surface area contributed by atoms with Crippen molar-refractivity contribution >= 4 is 11.6 Å². The first-order valence-corrected chi connectivity index (χ1v) is 5.11. The number of Topliss-reactive ketones (excluding diaryl/α,β-unsaturated/α-hetero) is 2. The minimum atomic E-state index is -0.783. The van der Waals surface area contributed by atoms with E-state index < -0.39 is 11.1 Å². The van der Waals surface area contributed by atoms with Gasteiger partial charge in [0.15, 0.2) is 11.6 Å².